The molecule has 1 aromatic carbocycles. The van der Waals surface area contributed by atoms with Crippen molar-refractivity contribution in [1.82, 2.24) is 0 Å². The Hall–Kier alpha value is -1.00. The topological polar surface area (TPSA) is 44.5 Å². The number of rotatable bonds is 5. The van der Waals surface area contributed by atoms with Crippen LogP contribution in [-0.2, 0) is 0 Å². The van der Waals surface area contributed by atoms with Crippen molar-refractivity contribution in [1.29, 1.82) is 0 Å². The Bertz CT molecular complexity index is 360. The Labute approximate surface area is 99.3 Å². The molecule has 0 aromatic heterocycles. The Morgan fingerprint density at radius 1 is 1.38 bits per heavy atom. The van der Waals surface area contributed by atoms with Gasteiger partial charge in [0.05, 0.1) is 25.9 Å². The maximum Gasteiger partial charge on any atom is 0.179 e. The van der Waals surface area contributed by atoms with Gasteiger partial charge in [0, 0.05) is 6.04 Å². The fourth-order valence-electron chi connectivity index (χ4n) is 1.46. The summed E-state index contributed by atoms with van der Waals surface area (Å²) in [7, 11) is 3.02. The lowest BCUT2D eigenvalue weighted by Crippen LogP contribution is -2.12. The Kier molecular flexibility index (Phi) is 4.83. The molecule has 0 saturated carbocycles. The van der Waals surface area contributed by atoms with Crippen LogP contribution in [0.5, 0.6) is 11.5 Å². The second-order valence-corrected chi connectivity index (χ2v) is 3.67. The third-order valence-corrected chi connectivity index (χ3v) is 2.72. The van der Waals surface area contributed by atoms with E-state index in [1.165, 1.54) is 14.2 Å². The molecule has 5 heteroatoms. The van der Waals surface area contributed by atoms with E-state index in [0.29, 0.717) is 22.1 Å². The fraction of sp³-hybridized carbons (Fsp3) is 0.455. The van der Waals surface area contributed by atoms with Gasteiger partial charge in [-0.05, 0) is 18.1 Å². The Morgan fingerprint density at radius 2 is 2.06 bits per heavy atom. The highest BCUT2D eigenvalue weighted by molar-refractivity contribution is 6.33. The standard InChI is InChI=1S/C11H15ClFNO2/c1-15-9-4-3-7(8(14)5-6-13)10(12)11(9)16-2/h3-4,8H,5-6,14H2,1-2H3/t8-/m1/s1. The van der Waals surface area contributed by atoms with Crippen molar-refractivity contribution >= 4 is 11.6 Å². The molecule has 0 aliphatic carbocycles. The van der Waals surface area contributed by atoms with E-state index in [0.717, 1.165) is 0 Å². The SMILES string of the molecule is COc1ccc([C@H](N)CCF)c(Cl)c1OC. The number of benzene rings is 1. The third kappa shape index (κ3) is 2.57. The molecule has 0 spiro atoms. The van der Waals surface area contributed by atoms with Crippen molar-refractivity contribution in [2.75, 3.05) is 20.9 Å². The van der Waals surface area contributed by atoms with Crippen LogP contribution >= 0.6 is 11.6 Å². The number of ether oxygens (including phenoxy) is 2. The average Bonchev–Trinajstić information content (AvgIpc) is 2.28. The highest BCUT2D eigenvalue weighted by Gasteiger charge is 2.17. The molecule has 16 heavy (non-hydrogen) atoms. The summed E-state index contributed by atoms with van der Waals surface area (Å²) < 4.78 is 22.4. The van der Waals surface area contributed by atoms with Gasteiger partial charge in [-0.25, -0.2) is 0 Å². The summed E-state index contributed by atoms with van der Waals surface area (Å²) >= 11 is 6.12. The van der Waals surface area contributed by atoms with Crippen LogP contribution in [0, 0.1) is 0 Å². The maximum atomic E-state index is 12.2. The molecule has 2 N–H and O–H groups in total. The van der Waals surface area contributed by atoms with Crippen molar-refractivity contribution in [3.8, 4) is 11.5 Å². The summed E-state index contributed by atoms with van der Waals surface area (Å²) in [6.45, 7) is -0.480. The summed E-state index contributed by atoms with van der Waals surface area (Å²) in [5.41, 5.74) is 6.46. The van der Waals surface area contributed by atoms with E-state index in [1.807, 2.05) is 0 Å². The summed E-state index contributed by atoms with van der Waals surface area (Å²) in [4.78, 5) is 0. The zero-order chi connectivity index (χ0) is 12.1. The van der Waals surface area contributed by atoms with Crippen molar-refractivity contribution in [2.45, 2.75) is 12.5 Å². The van der Waals surface area contributed by atoms with Gasteiger partial charge in [0.1, 0.15) is 0 Å². The lowest BCUT2D eigenvalue weighted by molar-refractivity contribution is 0.354. The molecule has 1 aromatic rings. The second kappa shape index (κ2) is 5.92. The quantitative estimate of drug-likeness (QED) is 0.870. The number of halogens is 2. The van der Waals surface area contributed by atoms with Crippen LogP contribution in [0.4, 0.5) is 4.39 Å². The molecule has 1 atom stereocenters. The monoisotopic (exact) mass is 247 g/mol. The van der Waals surface area contributed by atoms with Crippen molar-refractivity contribution < 1.29 is 13.9 Å². The molecule has 1 rings (SSSR count). The van der Waals surface area contributed by atoms with Gasteiger partial charge in [0.15, 0.2) is 11.5 Å². The summed E-state index contributed by atoms with van der Waals surface area (Å²) in [5, 5.41) is 0.378. The molecule has 0 radical (unpaired) electrons. The van der Waals surface area contributed by atoms with E-state index in [1.54, 1.807) is 12.1 Å². The summed E-state index contributed by atoms with van der Waals surface area (Å²) in [6, 6.07) is 3.00. The molecular weight excluding hydrogens is 233 g/mol. The normalized spacial score (nSPS) is 12.3. The van der Waals surface area contributed by atoms with Gasteiger partial charge in [-0.15, -0.1) is 0 Å². The lowest BCUT2D eigenvalue weighted by Gasteiger charge is -2.16. The lowest BCUT2D eigenvalue weighted by atomic mass is 10.0. The minimum atomic E-state index is -0.480. The molecule has 0 amide bonds. The summed E-state index contributed by atoms with van der Waals surface area (Å²) in [6.07, 6.45) is 0.231. The van der Waals surface area contributed by atoms with Crippen molar-refractivity contribution in [3.63, 3.8) is 0 Å². The molecule has 90 valence electrons. The van der Waals surface area contributed by atoms with Gasteiger partial charge in [-0.1, -0.05) is 17.7 Å². The first kappa shape index (κ1) is 13.1. The van der Waals surface area contributed by atoms with Crippen LogP contribution in [0.15, 0.2) is 12.1 Å². The van der Waals surface area contributed by atoms with Crippen LogP contribution < -0.4 is 15.2 Å². The number of nitrogens with two attached hydrogens (primary N) is 1. The zero-order valence-corrected chi connectivity index (χ0v) is 10.1. The molecule has 0 fully saturated rings. The molecule has 0 bridgehead atoms. The van der Waals surface area contributed by atoms with Crippen LogP contribution in [0.1, 0.15) is 18.0 Å². The minimum Gasteiger partial charge on any atom is -0.493 e. The number of hydrogen-bond donors (Lipinski definition) is 1. The van der Waals surface area contributed by atoms with Crippen molar-refractivity contribution in [3.05, 3.63) is 22.7 Å². The molecular formula is C11H15ClFNO2. The van der Waals surface area contributed by atoms with Crippen LogP contribution in [0.25, 0.3) is 0 Å². The number of hydrogen-bond acceptors (Lipinski definition) is 3. The number of alkyl halides is 1. The smallest absolute Gasteiger partial charge is 0.179 e. The molecule has 0 heterocycles. The first-order valence-corrected chi connectivity index (χ1v) is 5.25. The van der Waals surface area contributed by atoms with E-state index in [9.17, 15) is 4.39 Å². The largest absolute Gasteiger partial charge is 0.493 e. The van der Waals surface area contributed by atoms with E-state index in [4.69, 9.17) is 26.8 Å². The van der Waals surface area contributed by atoms with Crippen LogP contribution in [-0.4, -0.2) is 20.9 Å². The predicted octanol–water partition coefficient (Wildman–Crippen LogP) is 2.72. The molecule has 0 aliphatic heterocycles. The first-order chi connectivity index (χ1) is 7.65. The predicted molar refractivity (Wildman–Crippen MR) is 62.1 cm³/mol. The second-order valence-electron chi connectivity index (χ2n) is 3.29. The van der Waals surface area contributed by atoms with Crippen LogP contribution in [0.3, 0.4) is 0 Å². The van der Waals surface area contributed by atoms with Gasteiger partial charge >= 0.3 is 0 Å². The maximum absolute atomic E-state index is 12.2. The molecule has 0 saturated heterocycles. The average molecular weight is 248 g/mol. The van der Waals surface area contributed by atoms with Crippen LogP contribution in [0.2, 0.25) is 5.02 Å². The van der Waals surface area contributed by atoms with E-state index in [-0.39, 0.29) is 6.42 Å². The Balaban J connectivity index is 3.13. The van der Waals surface area contributed by atoms with E-state index in [2.05, 4.69) is 0 Å². The highest BCUT2D eigenvalue weighted by Crippen LogP contribution is 2.39. The van der Waals surface area contributed by atoms with E-state index >= 15 is 0 Å². The number of methoxy groups -OCH3 is 2. The highest BCUT2D eigenvalue weighted by atomic mass is 35.5. The molecule has 3 nitrogen and oxygen atoms in total. The minimum absolute atomic E-state index is 0.231. The van der Waals surface area contributed by atoms with Gasteiger partial charge in [-0.3, -0.25) is 4.39 Å². The Morgan fingerprint density at radius 3 is 2.56 bits per heavy atom. The van der Waals surface area contributed by atoms with E-state index < -0.39 is 12.7 Å². The zero-order valence-electron chi connectivity index (χ0n) is 9.30. The third-order valence-electron chi connectivity index (χ3n) is 2.33. The molecule has 0 aliphatic rings. The van der Waals surface area contributed by atoms with Gasteiger partial charge in [0.2, 0.25) is 0 Å². The summed E-state index contributed by atoms with van der Waals surface area (Å²) in [5.74, 6) is 0.958. The van der Waals surface area contributed by atoms with Crippen molar-refractivity contribution in [2.24, 2.45) is 5.73 Å². The first-order valence-electron chi connectivity index (χ1n) is 4.87. The van der Waals surface area contributed by atoms with Gasteiger partial charge in [-0.2, -0.15) is 0 Å². The van der Waals surface area contributed by atoms with Gasteiger partial charge in [0.25, 0.3) is 0 Å². The molecule has 0 unspecified atom stereocenters. The van der Waals surface area contributed by atoms with Gasteiger partial charge < -0.3 is 15.2 Å². The fourth-order valence-corrected chi connectivity index (χ4v) is 1.84.